The first-order chi connectivity index (χ1) is 17.7. The van der Waals surface area contributed by atoms with E-state index in [0.29, 0.717) is 32.7 Å². The third kappa shape index (κ3) is 5.46. The highest BCUT2D eigenvalue weighted by molar-refractivity contribution is 5.82. The highest BCUT2D eigenvalue weighted by atomic mass is 19.1. The van der Waals surface area contributed by atoms with Crippen molar-refractivity contribution in [2.24, 2.45) is 10.2 Å². The van der Waals surface area contributed by atoms with Crippen LogP contribution in [0.25, 0.3) is 10.8 Å². The van der Waals surface area contributed by atoms with Crippen LogP contribution in [0.15, 0.2) is 77.1 Å². The van der Waals surface area contributed by atoms with E-state index < -0.39 is 11.6 Å². The first kappa shape index (κ1) is 23.7. The summed E-state index contributed by atoms with van der Waals surface area (Å²) in [4.78, 5) is 9.85. The highest BCUT2D eigenvalue weighted by Crippen LogP contribution is 2.35. The van der Waals surface area contributed by atoms with Crippen molar-refractivity contribution < 1.29 is 18.3 Å². The number of pyridine rings is 2. The van der Waals surface area contributed by atoms with Crippen LogP contribution < -0.4 is 9.64 Å². The van der Waals surface area contributed by atoms with E-state index in [1.165, 1.54) is 0 Å². The number of ether oxygens (including phenoxy) is 2. The van der Waals surface area contributed by atoms with E-state index in [4.69, 9.17) is 9.47 Å². The van der Waals surface area contributed by atoms with Crippen LogP contribution in [0, 0.1) is 11.6 Å². The van der Waals surface area contributed by atoms with Gasteiger partial charge in [0.1, 0.15) is 5.69 Å². The predicted octanol–water partition coefficient (Wildman–Crippen LogP) is 5.65. The van der Waals surface area contributed by atoms with Crippen LogP contribution in [0.4, 0.5) is 20.3 Å². The molecule has 0 atom stereocenters. The van der Waals surface area contributed by atoms with Crippen LogP contribution in [0.1, 0.15) is 11.3 Å². The van der Waals surface area contributed by atoms with E-state index in [2.05, 4.69) is 20.2 Å². The molecule has 4 aromatic rings. The van der Waals surface area contributed by atoms with Gasteiger partial charge in [0.2, 0.25) is 11.6 Å². The molecule has 0 amide bonds. The highest BCUT2D eigenvalue weighted by Gasteiger charge is 2.27. The van der Waals surface area contributed by atoms with E-state index in [1.807, 2.05) is 60.7 Å². The number of rotatable bonds is 8. The fraction of sp³-hybridized carbons (Fsp3) is 0.259. The molecule has 7 nitrogen and oxygen atoms in total. The lowest BCUT2D eigenvalue weighted by molar-refractivity contribution is 0.122. The molecule has 0 saturated carbocycles. The molecule has 0 radical (unpaired) electrons. The number of hydrogen-bond acceptors (Lipinski definition) is 7. The standard InChI is InChI=1S/C27H25F2N5O2/c28-23-25(34-12-15-35-16-13-34)24(29)27(36-14-10-22-7-3-4-11-30-22)32-26(23)33-31-18-19-8-9-20-5-1-2-6-21(20)17-19/h1-9,11,17H,10,12-16,18H2. The fourth-order valence-electron chi connectivity index (χ4n) is 4.04. The topological polar surface area (TPSA) is 72.2 Å². The number of fused-ring (bicyclic) bond motifs is 1. The molecule has 2 aromatic heterocycles. The minimum absolute atomic E-state index is 0.128. The zero-order chi connectivity index (χ0) is 24.7. The summed E-state index contributed by atoms with van der Waals surface area (Å²) in [6.07, 6.45) is 2.13. The van der Waals surface area contributed by atoms with Crippen molar-refractivity contribution in [1.82, 2.24) is 9.97 Å². The van der Waals surface area contributed by atoms with E-state index >= 15 is 8.78 Å². The van der Waals surface area contributed by atoms with Crippen molar-refractivity contribution in [2.45, 2.75) is 13.0 Å². The quantitative estimate of drug-likeness (QED) is 0.299. The molecule has 0 unspecified atom stereocenters. The van der Waals surface area contributed by atoms with Crippen LogP contribution in [0.5, 0.6) is 5.88 Å². The molecule has 1 aliphatic heterocycles. The Morgan fingerprint density at radius 3 is 2.56 bits per heavy atom. The molecule has 1 fully saturated rings. The lowest BCUT2D eigenvalue weighted by atomic mass is 10.1. The van der Waals surface area contributed by atoms with Gasteiger partial charge in [-0.3, -0.25) is 4.98 Å². The third-order valence-electron chi connectivity index (χ3n) is 5.89. The predicted molar refractivity (Wildman–Crippen MR) is 133 cm³/mol. The second kappa shape index (κ2) is 11.2. The van der Waals surface area contributed by atoms with Crippen LogP contribution in [0.2, 0.25) is 0 Å². The number of hydrogen-bond donors (Lipinski definition) is 0. The normalized spacial score (nSPS) is 14.0. The molecule has 184 valence electrons. The SMILES string of the molecule is Fc1c(N=NCc2ccc3ccccc3c2)nc(OCCc2ccccn2)c(F)c1N1CCOCC1. The molecule has 0 aliphatic carbocycles. The Balaban J connectivity index is 1.39. The molecule has 9 heteroatoms. The van der Waals surface area contributed by atoms with Crippen molar-refractivity contribution in [3.8, 4) is 5.88 Å². The summed E-state index contributed by atoms with van der Waals surface area (Å²) in [5.74, 6) is -2.35. The molecular weight excluding hydrogens is 464 g/mol. The van der Waals surface area contributed by atoms with Gasteiger partial charge in [-0.1, -0.05) is 42.5 Å². The lowest BCUT2D eigenvalue weighted by Crippen LogP contribution is -2.37. The number of morpholine rings is 1. The number of anilines is 1. The van der Waals surface area contributed by atoms with Gasteiger partial charge in [-0.2, -0.15) is 14.5 Å². The molecule has 0 bridgehead atoms. The molecule has 3 heterocycles. The Labute approximate surface area is 207 Å². The van der Waals surface area contributed by atoms with E-state index in [1.54, 1.807) is 11.1 Å². The summed E-state index contributed by atoms with van der Waals surface area (Å²) in [6, 6.07) is 19.5. The molecule has 0 N–H and O–H groups in total. The van der Waals surface area contributed by atoms with Crippen molar-refractivity contribution in [2.75, 3.05) is 37.8 Å². The van der Waals surface area contributed by atoms with Gasteiger partial charge in [0.15, 0.2) is 5.82 Å². The van der Waals surface area contributed by atoms with Crippen molar-refractivity contribution in [3.05, 3.63) is 89.8 Å². The van der Waals surface area contributed by atoms with Crippen molar-refractivity contribution in [3.63, 3.8) is 0 Å². The molecule has 1 aliphatic rings. The van der Waals surface area contributed by atoms with E-state index in [-0.39, 0.29) is 30.5 Å². The second-order valence-corrected chi connectivity index (χ2v) is 8.32. The maximum absolute atomic E-state index is 15.4. The summed E-state index contributed by atoms with van der Waals surface area (Å²) in [7, 11) is 0. The van der Waals surface area contributed by atoms with Crippen molar-refractivity contribution in [1.29, 1.82) is 0 Å². The Kier molecular flexibility index (Phi) is 7.37. The van der Waals surface area contributed by atoms with Gasteiger partial charge in [-0.25, -0.2) is 4.39 Å². The summed E-state index contributed by atoms with van der Waals surface area (Å²) in [5, 5.41) is 10.4. The Morgan fingerprint density at radius 2 is 1.75 bits per heavy atom. The molecule has 1 saturated heterocycles. The maximum Gasteiger partial charge on any atom is 0.254 e. The monoisotopic (exact) mass is 489 g/mol. The summed E-state index contributed by atoms with van der Waals surface area (Å²) >= 11 is 0. The first-order valence-corrected chi connectivity index (χ1v) is 11.8. The van der Waals surface area contributed by atoms with Crippen LogP contribution in [0.3, 0.4) is 0 Å². The van der Waals surface area contributed by atoms with Gasteiger partial charge in [-0.05, 0) is 34.5 Å². The molecular formula is C27H25F2N5O2. The minimum atomic E-state index is -0.867. The van der Waals surface area contributed by atoms with Gasteiger partial charge >= 0.3 is 0 Å². The fourth-order valence-corrected chi connectivity index (χ4v) is 4.04. The molecule has 36 heavy (non-hydrogen) atoms. The van der Waals surface area contributed by atoms with Crippen molar-refractivity contribution >= 4 is 22.3 Å². The number of benzene rings is 2. The lowest BCUT2D eigenvalue weighted by Gasteiger charge is -2.29. The summed E-state index contributed by atoms with van der Waals surface area (Å²) in [6.45, 7) is 1.79. The molecule has 0 spiro atoms. The van der Waals surface area contributed by atoms with Crippen LogP contribution in [-0.4, -0.2) is 42.9 Å². The average molecular weight is 490 g/mol. The number of halogens is 2. The third-order valence-corrected chi connectivity index (χ3v) is 5.89. The zero-order valence-electron chi connectivity index (χ0n) is 19.6. The van der Waals surface area contributed by atoms with Crippen LogP contribution in [-0.2, 0) is 17.7 Å². The summed E-state index contributed by atoms with van der Waals surface area (Å²) in [5.41, 5.74) is 1.49. The first-order valence-electron chi connectivity index (χ1n) is 11.8. The largest absolute Gasteiger partial charge is 0.475 e. The van der Waals surface area contributed by atoms with Gasteiger partial charge < -0.3 is 14.4 Å². The average Bonchev–Trinajstić information content (AvgIpc) is 2.92. The Morgan fingerprint density at radius 1 is 0.944 bits per heavy atom. The Hall–Kier alpha value is -3.98. The van der Waals surface area contributed by atoms with Gasteiger partial charge in [-0.15, -0.1) is 5.11 Å². The van der Waals surface area contributed by atoms with Gasteiger partial charge in [0.05, 0.1) is 26.4 Å². The summed E-state index contributed by atoms with van der Waals surface area (Å²) < 4.78 is 41.7. The maximum atomic E-state index is 15.4. The molecule has 5 rings (SSSR count). The van der Waals surface area contributed by atoms with Gasteiger partial charge in [0.25, 0.3) is 5.88 Å². The van der Waals surface area contributed by atoms with Gasteiger partial charge in [0, 0.05) is 31.4 Å². The number of aromatic nitrogens is 2. The number of azo groups is 1. The number of nitrogens with zero attached hydrogens (tertiary/aromatic N) is 5. The van der Waals surface area contributed by atoms with Crippen LogP contribution >= 0.6 is 0 Å². The Bertz CT molecular complexity index is 1360. The van der Waals surface area contributed by atoms with E-state index in [9.17, 15) is 0 Å². The molecule has 2 aromatic carbocycles. The van der Waals surface area contributed by atoms with E-state index in [0.717, 1.165) is 22.0 Å². The minimum Gasteiger partial charge on any atom is -0.475 e. The smallest absolute Gasteiger partial charge is 0.254 e. The zero-order valence-corrected chi connectivity index (χ0v) is 19.6. The second-order valence-electron chi connectivity index (χ2n) is 8.32.